The number of para-hydroxylation sites is 1. The number of morpholine rings is 1. The first-order valence-corrected chi connectivity index (χ1v) is 10.7. The molecular weight excluding hydrogens is 422 g/mol. The molecule has 33 heavy (non-hydrogen) atoms. The van der Waals surface area contributed by atoms with Crippen LogP contribution >= 0.6 is 0 Å². The molecule has 1 fully saturated rings. The number of aromatic nitrogens is 1. The van der Waals surface area contributed by atoms with Crippen LogP contribution in [0.4, 0.5) is 5.69 Å². The predicted molar refractivity (Wildman–Crippen MR) is 122 cm³/mol. The smallest absolute Gasteiger partial charge is 0.344 e. The van der Waals surface area contributed by atoms with Crippen molar-refractivity contribution in [2.75, 3.05) is 38.2 Å². The van der Waals surface area contributed by atoms with Gasteiger partial charge in [0.1, 0.15) is 11.3 Å². The highest BCUT2D eigenvalue weighted by atomic mass is 16.5. The molecule has 0 spiro atoms. The molecule has 4 rings (SSSR count). The van der Waals surface area contributed by atoms with Crippen molar-refractivity contribution >= 4 is 17.6 Å². The number of esters is 1. The molecule has 170 valence electrons. The third-order valence-electron chi connectivity index (χ3n) is 5.03. The molecule has 2 aromatic carbocycles. The van der Waals surface area contributed by atoms with Crippen molar-refractivity contribution in [2.24, 2.45) is 0 Å². The van der Waals surface area contributed by atoms with Gasteiger partial charge in [-0.3, -0.25) is 9.69 Å². The number of carbonyl (C=O) groups excluding carboxylic acids is 2. The summed E-state index contributed by atoms with van der Waals surface area (Å²) in [5.41, 5.74) is 1.93. The molecule has 3 aromatic rings. The molecule has 1 amide bonds. The van der Waals surface area contributed by atoms with Crippen LogP contribution in [-0.4, -0.2) is 54.7 Å². The van der Waals surface area contributed by atoms with Crippen molar-refractivity contribution in [2.45, 2.75) is 6.54 Å². The van der Waals surface area contributed by atoms with E-state index >= 15 is 0 Å². The fourth-order valence-corrected chi connectivity index (χ4v) is 3.34. The van der Waals surface area contributed by atoms with Crippen molar-refractivity contribution in [3.05, 3.63) is 84.1 Å². The summed E-state index contributed by atoms with van der Waals surface area (Å²) in [4.78, 5) is 31.2. The molecule has 2 heterocycles. The van der Waals surface area contributed by atoms with Crippen molar-refractivity contribution in [3.63, 3.8) is 0 Å². The lowest BCUT2D eigenvalue weighted by molar-refractivity contribution is -0.119. The first kappa shape index (κ1) is 22.4. The largest absolute Gasteiger partial charge is 0.452 e. The molecule has 0 unspecified atom stereocenters. The van der Waals surface area contributed by atoms with Crippen LogP contribution in [0.1, 0.15) is 15.9 Å². The number of amides is 1. The van der Waals surface area contributed by atoms with Gasteiger partial charge in [0.15, 0.2) is 6.61 Å². The highest BCUT2D eigenvalue weighted by molar-refractivity contribution is 5.96. The summed E-state index contributed by atoms with van der Waals surface area (Å²) in [6.45, 7) is 3.76. The van der Waals surface area contributed by atoms with Gasteiger partial charge < -0.3 is 19.5 Å². The van der Waals surface area contributed by atoms with Gasteiger partial charge >= 0.3 is 5.97 Å². The zero-order valence-electron chi connectivity index (χ0n) is 18.1. The average molecular weight is 447 g/mol. The topological polar surface area (TPSA) is 90.0 Å². The number of ether oxygens (including phenoxy) is 3. The number of pyridine rings is 1. The van der Waals surface area contributed by atoms with E-state index < -0.39 is 18.5 Å². The summed E-state index contributed by atoms with van der Waals surface area (Å²) in [5, 5.41) is 2.74. The number of anilines is 1. The fraction of sp³-hybridized carbons (Fsp3) is 0.240. The quantitative estimate of drug-likeness (QED) is 0.529. The molecule has 1 aromatic heterocycles. The van der Waals surface area contributed by atoms with Gasteiger partial charge in [-0.2, -0.15) is 0 Å². The SMILES string of the molecule is O=C(COC(=O)c1cccnc1Oc1ccccc1)Nc1ccc(CN2CCOCC2)cc1. The number of hydrogen-bond donors (Lipinski definition) is 1. The van der Waals surface area contributed by atoms with Gasteiger partial charge in [-0.15, -0.1) is 0 Å². The van der Waals surface area contributed by atoms with Gasteiger partial charge in [0.05, 0.1) is 13.2 Å². The Morgan fingerprint density at radius 2 is 1.73 bits per heavy atom. The van der Waals surface area contributed by atoms with E-state index in [1.807, 2.05) is 42.5 Å². The second-order valence-electron chi connectivity index (χ2n) is 7.48. The van der Waals surface area contributed by atoms with E-state index in [0.717, 1.165) is 38.4 Å². The summed E-state index contributed by atoms with van der Waals surface area (Å²) in [5.74, 6) is -0.464. The number of hydrogen-bond acceptors (Lipinski definition) is 7. The minimum Gasteiger partial charge on any atom is -0.452 e. The molecule has 1 aliphatic rings. The lowest BCUT2D eigenvalue weighted by Gasteiger charge is -2.26. The number of benzene rings is 2. The van der Waals surface area contributed by atoms with Crippen LogP contribution in [0.2, 0.25) is 0 Å². The summed E-state index contributed by atoms with van der Waals surface area (Å²) >= 11 is 0. The number of nitrogens with one attached hydrogen (secondary N) is 1. The Kier molecular flexibility index (Phi) is 7.63. The Labute approximate surface area is 192 Å². The molecule has 0 bridgehead atoms. The molecule has 0 saturated carbocycles. The van der Waals surface area contributed by atoms with E-state index in [1.165, 1.54) is 6.20 Å². The third kappa shape index (κ3) is 6.61. The first-order valence-electron chi connectivity index (χ1n) is 10.7. The van der Waals surface area contributed by atoms with Crippen molar-refractivity contribution in [3.8, 4) is 11.6 Å². The molecule has 1 aliphatic heterocycles. The molecule has 8 heteroatoms. The summed E-state index contributed by atoms with van der Waals surface area (Å²) in [6.07, 6.45) is 1.52. The molecule has 0 atom stereocenters. The second-order valence-corrected chi connectivity index (χ2v) is 7.48. The van der Waals surface area contributed by atoms with Crippen LogP contribution in [0.15, 0.2) is 72.9 Å². The number of rotatable bonds is 8. The summed E-state index contributed by atoms with van der Waals surface area (Å²) in [7, 11) is 0. The molecule has 1 saturated heterocycles. The van der Waals surface area contributed by atoms with Crippen LogP contribution < -0.4 is 10.1 Å². The van der Waals surface area contributed by atoms with Gasteiger partial charge in [-0.25, -0.2) is 9.78 Å². The maximum Gasteiger partial charge on any atom is 0.344 e. The highest BCUT2D eigenvalue weighted by Crippen LogP contribution is 2.23. The van der Waals surface area contributed by atoms with Crippen LogP contribution in [-0.2, 0) is 20.8 Å². The van der Waals surface area contributed by atoms with E-state index in [4.69, 9.17) is 14.2 Å². The van der Waals surface area contributed by atoms with E-state index in [1.54, 1.807) is 24.3 Å². The van der Waals surface area contributed by atoms with E-state index in [-0.39, 0.29) is 11.4 Å². The maximum absolute atomic E-state index is 12.5. The zero-order chi connectivity index (χ0) is 22.9. The molecular formula is C25H25N3O5. The second kappa shape index (κ2) is 11.2. The third-order valence-corrected chi connectivity index (χ3v) is 5.03. The molecule has 0 aliphatic carbocycles. The molecule has 8 nitrogen and oxygen atoms in total. The standard InChI is InChI=1S/C25H25N3O5/c29-23(27-20-10-8-19(9-11-20)17-28-13-15-31-16-14-28)18-32-25(30)22-7-4-12-26-24(22)33-21-5-2-1-3-6-21/h1-12H,13-18H2,(H,27,29). The fourth-order valence-electron chi connectivity index (χ4n) is 3.34. The van der Waals surface area contributed by atoms with Crippen molar-refractivity contribution < 1.29 is 23.8 Å². The zero-order valence-corrected chi connectivity index (χ0v) is 18.1. The van der Waals surface area contributed by atoms with Gasteiger partial charge in [0.25, 0.3) is 5.91 Å². The lowest BCUT2D eigenvalue weighted by Crippen LogP contribution is -2.35. The Bertz CT molecular complexity index is 1070. The van der Waals surface area contributed by atoms with Crippen molar-refractivity contribution in [1.82, 2.24) is 9.88 Å². The van der Waals surface area contributed by atoms with Crippen LogP contribution in [0.25, 0.3) is 0 Å². The lowest BCUT2D eigenvalue weighted by atomic mass is 10.2. The van der Waals surface area contributed by atoms with Crippen LogP contribution in [0.3, 0.4) is 0 Å². The minimum absolute atomic E-state index is 0.116. The Balaban J connectivity index is 1.28. The Hall–Kier alpha value is -3.75. The Morgan fingerprint density at radius 3 is 2.48 bits per heavy atom. The monoisotopic (exact) mass is 447 g/mol. The normalized spacial score (nSPS) is 13.8. The van der Waals surface area contributed by atoms with E-state index in [0.29, 0.717) is 11.4 Å². The number of nitrogens with zero attached hydrogens (tertiary/aromatic N) is 2. The number of carbonyl (C=O) groups is 2. The Morgan fingerprint density at radius 1 is 0.970 bits per heavy atom. The van der Waals surface area contributed by atoms with E-state index in [9.17, 15) is 9.59 Å². The van der Waals surface area contributed by atoms with Crippen molar-refractivity contribution in [1.29, 1.82) is 0 Å². The first-order chi connectivity index (χ1) is 16.2. The van der Waals surface area contributed by atoms with E-state index in [2.05, 4.69) is 15.2 Å². The highest BCUT2D eigenvalue weighted by Gasteiger charge is 2.17. The van der Waals surface area contributed by atoms with Gasteiger partial charge in [-0.1, -0.05) is 30.3 Å². The average Bonchev–Trinajstić information content (AvgIpc) is 2.85. The predicted octanol–water partition coefficient (Wildman–Crippen LogP) is 3.50. The van der Waals surface area contributed by atoms with Crippen LogP contribution in [0, 0.1) is 0 Å². The molecule has 1 N–H and O–H groups in total. The van der Waals surface area contributed by atoms with Gasteiger partial charge in [0, 0.05) is 31.5 Å². The molecule has 0 radical (unpaired) electrons. The minimum atomic E-state index is -0.690. The maximum atomic E-state index is 12.5. The summed E-state index contributed by atoms with van der Waals surface area (Å²) < 4.78 is 16.2. The van der Waals surface area contributed by atoms with Gasteiger partial charge in [-0.05, 0) is 42.0 Å². The van der Waals surface area contributed by atoms with Gasteiger partial charge in [0.2, 0.25) is 5.88 Å². The van der Waals surface area contributed by atoms with Crippen LogP contribution in [0.5, 0.6) is 11.6 Å². The summed E-state index contributed by atoms with van der Waals surface area (Å²) in [6, 6.07) is 19.8.